The second-order valence-corrected chi connectivity index (χ2v) is 5.54. The average Bonchev–Trinajstić information content (AvgIpc) is 2.53. The maximum atomic E-state index is 12.1. The summed E-state index contributed by atoms with van der Waals surface area (Å²) in [6.45, 7) is 0. The predicted octanol–water partition coefficient (Wildman–Crippen LogP) is 1.27. The van der Waals surface area contributed by atoms with E-state index in [2.05, 4.69) is 10.9 Å². The molecule has 1 saturated carbocycles. The van der Waals surface area contributed by atoms with Gasteiger partial charge in [-0.15, -0.1) is 0 Å². The zero-order valence-corrected chi connectivity index (χ0v) is 12.2. The minimum Gasteiger partial charge on any atom is -0.481 e. The van der Waals surface area contributed by atoms with Crippen LogP contribution in [0.3, 0.4) is 0 Å². The largest absolute Gasteiger partial charge is 0.481 e. The summed E-state index contributed by atoms with van der Waals surface area (Å²) in [5.41, 5.74) is 5.55. The summed E-state index contributed by atoms with van der Waals surface area (Å²) in [4.78, 5) is 35.0. The molecule has 22 heavy (non-hydrogen) atoms. The molecule has 0 unspecified atom stereocenters. The molecule has 1 fully saturated rings. The molecule has 1 aliphatic rings. The van der Waals surface area contributed by atoms with Crippen LogP contribution in [0, 0.1) is 11.8 Å². The molecule has 1 aromatic carbocycles. The van der Waals surface area contributed by atoms with Crippen molar-refractivity contribution in [3.63, 3.8) is 0 Å². The number of carboxylic acid groups (broad SMARTS) is 1. The second-order valence-electron chi connectivity index (χ2n) is 5.54. The third-order valence-electron chi connectivity index (χ3n) is 3.95. The number of amides is 2. The van der Waals surface area contributed by atoms with Gasteiger partial charge in [0, 0.05) is 0 Å². The molecule has 1 aliphatic carbocycles. The highest BCUT2D eigenvalue weighted by molar-refractivity contribution is 5.87. The molecule has 0 aliphatic heterocycles. The van der Waals surface area contributed by atoms with Crippen molar-refractivity contribution < 1.29 is 19.5 Å². The molecule has 118 valence electrons. The molecule has 0 radical (unpaired) electrons. The quantitative estimate of drug-likeness (QED) is 0.730. The number of rotatable bonds is 4. The first-order chi connectivity index (χ1) is 10.6. The normalized spacial score (nSPS) is 20.9. The van der Waals surface area contributed by atoms with Crippen molar-refractivity contribution in [1.29, 1.82) is 0 Å². The number of carboxylic acids is 1. The number of benzene rings is 1. The first-order valence-corrected chi connectivity index (χ1v) is 7.43. The lowest BCUT2D eigenvalue weighted by Crippen LogP contribution is -2.48. The Labute approximate surface area is 128 Å². The summed E-state index contributed by atoms with van der Waals surface area (Å²) in [5, 5.41) is 9.16. The number of carbonyl (C=O) groups excluding carboxylic acids is 2. The van der Waals surface area contributed by atoms with Crippen molar-refractivity contribution in [2.45, 2.75) is 32.1 Å². The van der Waals surface area contributed by atoms with Crippen molar-refractivity contribution in [2.75, 3.05) is 0 Å². The Hall–Kier alpha value is -2.37. The topological polar surface area (TPSA) is 95.5 Å². The fourth-order valence-electron chi connectivity index (χ4n) is 2.79. The van der Waals surface area contributed by atoms with E-state index in [4.69, 9.17) is 5.11 Å². The van der Waals surface area contributed by atoms with Crippen LogP contribution in [0.1, 0.15) is 31.2 Å². The molecule has 6 heteroatoms. The third kappa shape index (κ3) is 4.31. The molecule has 3 N–H and O–H groups in total. The number of nitrogens with one attached hydrogen (secondary N) is 2. The second kappa shape index (κ2) is 7.59. The van der Waals surface area contributed by atoms with Crippen LogP contribution in [0.4, 0.5) is 0 Å². The zero-order valence-electron chi connectivity index (χ0n) is 12.2. The first kappa shape index (κ1) is 16.0. The zero-order chi connectivity index (χ0) is 15.9. The van der Waals surface area contributed by atoms with E-state index in [0.717, 1.165) is 18.4 Å². The third-order valence-corrected chi connectivity index (χ3v) is 3.95. The Morgan fingerprint density at radius 3 is 2.27 bits per heavy atom. The highest BCUT2D eigenvalue weighted by Crippen LogP contribution is 2.30. The fraction of sp³-hybridized carbons (Fsp3) is 0.438. The summed E-state index contributed by atoms with van der Waals surface area (Å²) < 4.78 is 0. The Morgan fingerprint density at radius 2 is 1.64 bits per heavy atom. The van der Waals surface area contributed by atoms with Gasteiger partial charge in [0.25, 0.3) is 0 Å². The van der Waals surface area contributed by atoms with Gasteiger partial charge in [0.2, 0.25) is 11.8 Å². The number of carbonyl (C=O) groups is 3. The fourth-order valence-corrected chi connectivity index (χ4v) is 2.79. The molecule has 2 amide bonds. The van der Waals surface area contributed by atoms with Crippen LogP contribution in [0.15, 0.2) is 30.3 Å². The van der Waals surface area contributed by atoms with E-state index >= 15 is 0 Å². The number of hydrogen-bond donors (Lipinski definition) is 3. The van der Waals surface area contributed by atoms with E-state index in [9.17, 15) is 14.4 Å². The van der Waals surface area contributed by atoms with Gasteiger partial charge in [-0.3, -0.25) is 25.2 Å². The number of aliphatic carboxylic acids is 1. The molecular formula is C16H20N2O4. The van der Waals surface area contributed by atoms with Crippen LogP contribution >= 0.6 is 0 Å². The SMILES string of the molecule is O=C(Cc1ccccc1)NNC(=O)[C@@H]1CCCC[C@@H]1C(=O)O. The molecule has 2 rings (SSSR count). The minimum atomic E-state index is -0.949. The molecule has 0 bridgehead atoms. The number of hydrogen-bond acceptors (Lipinski definition) is 3. The van der Waals surface area contributed by atoms with Crippen LogP contribution in [-0.4, -0.2) is 22.9 Å². The Bertz CT molecular complexity index is 544. The van der Waals surface area contributed by atoms with Gasteiger partial charge in [0.15, 0.2) is 0 Å². The van der Waals surface area contributed by atoms with Gasteiger partial charge in [-0.1, -0.05) is 43.2 Å². The van der Waals surface area contributed by atoms with Gasteiger partial charge in [-0.05, 0) is 18.4 Å². The van der Waals surface area contributed by atoms with E-state index in [-0.39, 0.29) is 12.3 Å². The summed E-state index contributed by atoms with van der Waals surface area (Å²) in [6, 6.07) is 9.17. The molecule has 6 nitrogen and oxygen atoms in total. The summed E-state index contributed by atoms with van der Waals surface area (Å²) in [7, 11) is 0. The highest BCUT2D eigenvalue weighted by Gasteiger charge is 2.35. The minimum absolute atomic E-state index is 0.161. The highest BCUT2D eigenvalue weighted by atomic mass is 16.4. The van der Waals surface area contributed by atoms with Crippen LogP contribution in [0.25, 0.3) is 0 Å². The van der Waals surface area contributed by atoms with Gasteiger partial charge >= 0.3 is 5.97 Å². The van der Waals surface area contributed by atoms with Crippen molar-refractivity contribution in [3.05, 3.63) is 35.9 Å². The molecule has 0 heterocycles. The Morgan fingerprint density at radius 1 is 1.00 bits per heavy atom. The Balaban J connectivity index is 1.83. The van der Waals surface area contributed by atoms with Crippen LogP contribution in [0.5, 0.6) is 0 Å². The van der Waals surface area contributed by atoms with Crippen molar-refractivity contribution in [2.24, 2.45) is 11.8 Å². The molecule has 2 atom stereocenters. The van der Waals surface area contributed by atoms with Crippen LogP contribution in [0.2, 0.25) is 0 Å². The van der Waals surface area contributed by atoms with Crippen LogP contribution < -0.4 is 10.9 Å². The Kier molecular flexibility index (Phi) is 5.52. The van der Waals surface area contributed by atoms with Crippen LogP contribution in [-0.2, 0) is 20.8 Å². The summed E-state index contributed by atoms with van der Waals surface area (Å²) in [5.74, 6) is -2.95. The standard InChI is InChI=1S/C16H20N2O4/c19-14(10-11-6-2-1-3-7-11)17-18-15(20)12-8-4-5-9-13(12)16(21)22/h1-3,6-7,12-13H,4-5,8-10H2,(H,17,19)(H,18,20)(H,21,22)/t12-,13+/m1/s1. The van der Waals surface area contributed by atoms with Gasteiger partial charge in [-0.25, -0.2) is 0 Å². The lowest BCUT2D eigenvalue weighted by molar-refractivity contribution is -0.149. The lowest BCUT2D eigenvalue weighted by Gasteiger charge is -2.27. The van der Waals surface area contributed by atoms with E-state index < -0.39 is 23.7 Å². The molecule has 0 saturated heterocycles. The monoisotopic (exact) mass is 304 g/mol. The van der Waals surface area contributed by atoms with Crippen molar-refractivity contribution in [1.82, 2.24) is 10.9 Å². The molecule has 0 spiro atoms. The maximum Gasteiger partial charge on any atom is 0.307 e. The smallest absolute Gasteiger partial charge is 0.307 e. The van der Waals surface area contributed by atoms with E-state index in [1.807, 2.05) is 30.3 Å². The predicted molar refractivity (Wildman–Crippen MR) is 79.5 cm³/mol. The summed E-state index contributed by atoms with van der Waals surface area (Å²) >= 11 is 0. The lowest BCUT2D eigenvalue weighted by atomic mass is 9.79. The van der Waals surface area contributed by atoms with E-state index in [1.165, 1.54) is 0 Å². The van der Waals surface area contributed by atoms with Crippen molar-refractivity contribution >= 4 is 17.8 Å². The van der Waals surface area contributed by atoms with Gasteiger partial charge in [0.1, 0.15) is 0 Å². The van der Waals surface area contributed by atoms with Crippen molar-refractivity contribution in [3.8, 4) is 0 Å². The van der Waals surface area contributed by atoms with Gasteiger partial charge < -0.3 is 5.11 Å². The molecule has 1 aromatic rings. The van der Waals surface area contributed by atoms with E-state index in [1.54, 1.807) is 0 Å². The van der Waals surface area contributed by atoms with Gasteiger partial charge in [-0.2, -0.15) is 0 Å². The maximum absolute atomic E-state index is 12.1. The number of hydrazine groups is 1. The molecular weight excluding hydrogens is 284 g/mol. The van der Waals surface area contributed by atoms with E-state index in [0.29, 0.717) is 12.8 Å². The summed E-state index contributed by atoms with van der Waals surface area (Å²) in [6.07, 6.45) is 2.86. The average molecular weight is 304 g/mol. The first-order valence-electron chi connectivity index (χ1n) is 7.43. The molecule has 0 aromatic heterocycles. The van der Waals surface area contributed by atoms with Gasteiger partial charge in [0.05, 0.1) is 18.3 Å².